The number of nitrogens with zero attached hydrogens (tertiary/aromatic N) is 1. The first-order valence-corrected chi connectivity index (χ1v) is 7.95. The molecule has 1 aromatic heterocycles. The van der Waals surface area contributed by atoms with Crippen LogP contribution in [0.15, 0.2) is 15.8 Å². The summed E-state index contributed by atoms with van der Waals surface area (Å²) in [6, 6.07) is 0. The summed E-state index contributed by atoms with van der Waals surface area (Å²) in [4.78, 5) is 25.7. The Kier molecular flexibility index (Phi) is 6.69. The second-order valence-electron chi connectivity index (χ2n) is 5.66. The maximum absolute atomic E-state index is 12.0. The highest BCUT2D eigenvalue weighted by Crippen LogP contribution is 2.30. The number of aliphatic hydroxyl groups is 2. The molecule has 9 heteroatoms. The number of hydrogen-bond donors (Lipinski definition) is 3. The summed E-state index contributed by atoms with van der Waals surface area (Å²) in [5.41, 5.74) is -0.832. The molecule has 0 saturated carbocycles. The van der Waals surface area contributed by atoms with Gasteiger partial charge in [0.2, 0.25) is 0 Å². The standard InChI is InChI=1S/C15H24N2O7/c1-3-4-22-5-6-23-12-11(19)10(8-18)24-14(12)17-7-9(2)13(20)16-15(17)21/h7,10-12,14,18-19H,3-6,8H2,1-2H3,(H,16,20,21)/t10-,11-,12-,14-/m1/s1. The minimum Gasteiger partial charge on any atom is -0.394 e. The molecule has 24 heavy (non-hydrogen) atoms. The van der Waals surface area contributed by atoms with Crippen LogP contribution in [0.3, 0.4) is 0 Å². The van der Waals surface area contributed by atoms with Gasteiger partial charge in [-0.25, -0.2) is 4.79 Å². The molecule has 1 aliphatic heterocycles. The van der Waals surface area contributed by atoms with Gasteiger partial charge >= 0.3 is 5.69 Å². The van der Waals surface area contributed by atoms with Crippen molar-refractivity contribution >= 4 is 0 Å². The zero-order valence-corrected chi connectivity index (χ0v) is 13.8. The number of aryl methyl sites for hydroxylation is 1. The summed E-state index contributed by atoms with van der Waals surface area (Å²) in [5.74, 6) is 0. The third kappa shape index (κ3) is 4.11. The van der Waals surface area contributed by atoms with E-state index in [1.807, 2.05) is 6.92 Å². The molecule has 1 aromatic rings. The molecule has 0 bridgehead atoms. The van der Waals surface area contributed by atoms with Crippen molar-refractivity contribution in [2.24, 2.45) is 0 Å². The van der Waals surface area contributed by atoms with Crippen molar-refractivity contribution in [2.45, 2.75) is 44.8 Å². The molecule has 4 atom stereocenters. The molecule has 136 valence electrons. The Labute approximate surface area is 138 Å². The van der Waals surface area contributed by atoms with Crippen LogP contribution >= 0.6 is 0 Å². The number of H-pyrrole nitrogens is 1. The summed E-state index contributed by atoms with van der Waals surface area (Å²) in [6.07, 6.45) is -1.57. The Hall–Kier alpha value is -1.52. The molecular formula is C15H24N2O7. The maximum Gasteiger partial charge on any atom is 0.330 e. The number of rotatable bonds is 8. The van der Waals surface area contributed by atoms with E-state index in [2.05, 4.69) is 4.98 Å². The van der Waals surface area contributed by atoms with Crippen LogP contribution < -0.4 is 11.2 Å². The molecule has 0 aromatic carbocycles. The maximum atomic E-state index is 12.0. The normalized spacial score (nSPS) is 26.8. The first-order chi connectivity index (χ1) is 11.5. The molecule has 0 unspecified atom stereocenters. The number of aromatic amines is 1. The van der Waals surface area contributed by atoms with Crippen LogP contribution in [-0.4, -0.2) is 64.5 Å². The number of ether oxygens (including phenoxy) is 3. The molecule has 3 N–H and O–H groups in total. The van der Waals surface area contributed by atoms with E-state index >= 15 is 0 Å². The Morgan fingerprint density at radius 3 is 2.75 bits per heavy atom. The van der Waals surface area contributed by atoms with Gasteiger partial charge in [0.1, 0.15) is 18.3 Å². The van der Waals surface area contributed by atoms with Gasteiger partial charge in [0.15, 0.2) is 6.23 Å². The molecular weight excluding hydrogens is 320 g/mol. The largest absolute Gasteiger partial charge is 0.394 e. The molecule has 2 rings (SSSR count). The monoisotopic (exact) mass is 344 g/mol. The first kappa shape index (κ1) is 18.8. The minimum absolute atomic E-state index is 0.205. The fourth-order valence-corrected chi connectivity index (χ4v) is 2.54. The molecule has 1 aliphatic rings. The van der Waals surface area contributed by atoms with Gasteiger partial charge in [-0.1, -0.05) is 6.92 Å². The van der Waals surface area contributed by atoms with E-state index < -0.39 is 42.4 Å². The fourth-order valence-electron chi connectivity index (χ4n) is 2.54. The second kappa shape index (κ2) is 8.54. The Morgan fingerprint density at radius 2 is 2.08 bits per heavy atom. The van der Waals surface area contributed by atoms with E-state index in [1.54, 1.807) is 6.92 Å². The molecule has 2 heterocycles. The summed E-state index contributed by atoms with van der Waals surface area (Å²) in [6.45, 7) is 4.28. The predicted molar refractivity (Wildman–Crippen MR) is 83.9 cm³/mol. The van der Waals surface area contributed by atoms with Crippen LogP contribution in [0.4, 0.5) is 0 Å². The summed E-state index contributed by atoms with van der Waals surface area (Å²) in [7, 11) is 0. The highest BCUT2D eigenvalue weighted by Gasteiger charge is 2.45. The van der Waals surface area contributed by atoms with Crippen LogP contribution in [0.5, 0.6) is 0 Å². The van der Waals surface area contributed by atoms with E-state index in [-0.39, 0.29) is 6.61 Å². The van der Waals surface area contributed by atoms with E-state index in [0.717, 1.165) is 11.0 Å². The molecule has 1 saturated heterocycles. The number of aliphatic hydroxyl groups excluding tert-OH is 2. The smallest absolute Gasteiger partial charge is 0.330 e. The van der Waals surface area contributed by atoms with Crippen LogP contribution in [0.2, 0.25) is 0 Å². The number of nitrogens with one attached hydrogen (secondary N) is 1. The second-order valence-corrected chi connectivity index (χ2v) is 5.66. The van der Waals surface area contributed by atoms with Gasteiger partial charge < -0.3 is 24.4 Å². The highest BCUT2D eigenvalue weighted by atomic mass is 16.6. The first-order valence-electron chi connectivity index (χ1n) is 7.95. The van der Waals surface area contributed by atoms with Gasteiger partial charge in [0.25, 0.3) is 5.56 Å². The van der Waals surface area contributed by atoms with E-state index in [0.29, 0.717) is 18.8 Å². The Morgan fingerprint density at radius 1 is 1.33 bits per heavy atom. The average Bonchev–Trinajstić information content (AvgIpc) is 2.87. The molecule has 0 spiro atoms. The zero-order valence-electron chi connectivity index (χ0n) is 13.8. The lowest BCUT2D eigenvalue weighted by Crippen LogP contribution is -2.40. The minimum atomic E-state index is -1.11. The highest BCUT2D eigenvalue weighted by molar-refractivity contribution is 5.03. The molecule has 0 radical (unpaired) electrons. The van der Waals surface area contributed by atoms with E-state index in [4.69, 9.17) is 14.2 Å². The predicted octanol–water partition coefficient (Wildman–Crippen LogP) is -1.09. The lowest BCUT2D eigenvalue weighted by molar-refractivity contribution is -0.0844. The van der Waals surface area contributed by atoms with Gasteiger partial charge in [-0.15, -0.1) is 0 Å². The average molecular weight is 344 g/mol. The van der Waals surface area contributed by atoms with E-state index in [1.165, 1.54) is 6.20 Å². The number of hydrogen-bond acceptors (Lipinski definition) is 7. The summed E-state index contributed by atoms with van der Waals surface area (Å²) < 4.78 is 17.7. The van der Waals surface area contributed by atoms with Crippen molar-refractivity contribution in [2.75, 3.05) is 26.4 Å². The van der Waals surface area contributed by atoms with Gasteiger partial charge in [-0.05, 0) is 13.3 Å². The van der Waals surface area contributed by atoms with Crippen LogP contribution in [-0.2, 0) is 14.2 Å². The quantitative estimate of drug-likeness (QED) is 0.512. The molecule has 0 aliphatic carbocycles. The molecule has 9 nitrogen and oxygen atoms in total. The van der Waals surface area contributed by atoms with E-state index in [9.17, 15) is 19.8 Å². The number of aromatic nitrogens is 2. The SMILES string of the molecule is CCCOCCO[C@@H]1[C@H](O)[C@@H](CO)O[C@H]1n1cc(C)c(=O)[nH]c1=O. The van der Waals surface area contributed by atoms with Crippen molar-refractivity contribution in [3.63, 3.8) is 0 Å². The Balaban J connectivity index is 2.17. The lowest BCUT2D eigenvalue weighted by atomic mass is 10.1. The van der Waals surface area contributed by atoms with Crippen LogP contribution in [0.25, 0.3) is 0 Å². The van der Waals surface area contributed by atoms with Crippen molar-refractivity contribution in [1.29, 1.82) is 0 Å². The summed E-state index contributed by atoms with van der Waals surface area (Å²) in [5, 5.41) is 19.6. The van der Waals surface area contributed by atoms with Crippen LogP contribution in [0, 0.1) is 6.92 Å². The van der Waals surface area contributed by atoms with Gasteiger partial charge in [0, 0.05) is 18.4 Å². The van der Waals surface area contributed by atoms with Crippen molar-refractivity contribution in [3.8, 4) is 0 Å². The van der Waals surface area contributed by atoms with Crippen molar-refractivity contribution in [1.82, 2.24) is 9.55 Å². The Bertz CT molecular complexity index is 641. The van der Waals surface area contributed by atoms with Crippen molar-refractivity contribution < 1.29 is 24.4 Å². The lowest BCUT2D eigenvalue weighted by Gasteiger charge is -2.22. The molecule has 0 amide bonds. The van der Waals surface area contributed by atoms with Gasteiger partial charge in [0.05, 0.1) is 19.8 Å². The topological polar surface area (TPSA) is 123 Å². The zero-order chi connectivity index (χ0) is 17.7. The van der Waals surface area contributed by atoms with Crippen LogP contribution in [0.1, 0.15) is 25.1 Å². The molecule has 1 fully saturated rings. The van der Waals surface area contributed by atoms with Gasteiger partial charge in [-0.2, -0.15) is 0 Å². The fraction of sp³-hybridized carbons (Fsp3) is 0.733. The van der Waals surface area contributed by atoms with Crippen molar-refractivity contribution in [3.05, 3.63) is 32.6 Å². The third-order valence-electron chi connectivity index (χ3n) is 3.80. The summed E-state index contributed by atoms with van der Waals surface area (Å²) >= 11 is 0. The third-order valence-corrected chi connectivity index (χ3v) is 3.80. The van der Waals surface area contributed by atoms with Gasteiger partial charge in [-0.3, -0.25) is 14.3 Å².